The molecule has 3 atom stereocenters. The number of aliphatic carboxylic acids is 1. The Morgan fingerprint density at radius 1 is 0.702 bits per heavy atom. The second-order valence-corrected chi connectivity index (χ2v) is 13.5. The number of esters is 2. The summed E-state index contributed by atoms with van der Waals surface area (Å²) in [4.78, 5) is 45.4. The van der Waals surface area contributed by atoms with Gasteiger partial charge < -0.3 is 25.2 Å². The summed E-state index contributed by atoms with van der Waals surface area (Å²) < 4.78 is 32.2. The molecule has 0 aliphatic carbocycles. The smallest absolute Gasteiger partial charge is 0.472 e. The molecule has 12 heteroatoms. The number of phosphoric acid groups is 1. The Balaban J connectivity index is 4.57. The van der Waals surface area contributed by atoms with E-state index in [-0.39, 0.29) is 6.42 Å². The van der Waals surface area contributed by atoms with Crippen LogP contribution in [0, 0.1) is 0 Å². The highest BCUT2D eigenvalue weighted by Gasteiger charge is 2.27. The summed E-state index contributed by atoms with van der Waals surface area (Å²) in [6.45, 7) is 2.62. The predicted molar refractivity (Wildman–Crippen MR) is 185 cm³/mol. The number of hydrogen-bond acceptors (Lipinski definition) is 9. The maximum absolute atomic E-state index is 12.4. The Hall–Kier alpha value is -2.04. The molecular weight excluding hydrogens is 625 g/mol. The zero-order valence-corrected chi connectivity index (χ0v) is 30.0. The lowest BCUT2D eigenvalue weighted by molar-refractivity contribution is -0.157. The summed E-state index contributed by atoms with van der Waals surface area (Å²) in [5.74, 6) is -2.65. The minimum Gasteiger partial charge on any atom is -0.480 e. The molecular formula is C35H64NO10P. The van der Waals surface area contributed by atoms with Gasteiger partial charge in [-0.2, -0.15) is 0 Å². The van der Waals surface area contributed by atoms with Crippen LogP contribution in [-0.4, -0.2) is 59.9 Å². The van der Waals surface area contributed by atoms with Gasteiger partial charge in [0.2, 0.25) is 0 Å². The number of carbonyl (C=O) groups excluding carboxylic acids is 2. The molecule has 274 valence electrons. The number of phosphoric ester groups is 1. The fraction of sp³-hybridized carbons (Fsp3) is 0.800. The van der Waals surface area contributed by atoms with E-state index in [1.807, 2.05) is 6.08 Å². The van der Waals surface area contributed by atoms with E-state index in [9.17, 15) is 23.8 Å². The number of carboxylic acid groups (broad SMARTS) is 1. The summed E-state index contributed by atoms with van der Waals surface area (Å²) >= 11 is 0. The van der Waals surface area contributed by atoms with Crippen molar-refractivity contribution in [3.63, 3.8) is 0 Å². The van der Waals surface area contributed by atoms with E-state index in [0.29, 0.717) is 6.42 Å². The fourth-order valence-electron chi connectivity index (χ4n) is 4.68. The van der Waals surface area contributed by atoms with E-state index in [2.05, 4.69) is 18.4 Å². The van der Waals surface area contributed by atoms with Crippen molar-refractivity contribution >= 4 is 25.7 Å². The summed E-state index contributed by atoms with van der Waals surface area (Å²) in [5.41, 5.74) is 5.29. The van der Waals surface area contributed by atoms with Gasteiger partial charge in [0.25, 0.3) is 0 Å². The molecule has 0 spiro atoms. The van der Waals surface area contributed by atoms with Gasteiger partial charge in [0.15, 0.2) is 6.10 Å². The number of hydrogen-bond donors (Lipinski definition) is 3. The van der Waals surface area contributed by atoms with Crippen molar-refractivity contribution in [2.24, 2.45) is 5.73 Å². The Kier molecular flexibility index (Phi) is 29.9. The maximum Gasteiger partial charge on any atom is 0.472 e. The largest absolute Gasteiger partial charge is 0.480 e. The molecule has 4 N–H and O–H groups in total. The van der Waals surface area contributed by atoms with Gasteiger partial charge in [0.05, 0.1) is 13.2 Å². The van der Waals surface area contributed by atoms with Crippen LogP contribution >= 0.6 is 7.82 Å². The third-order valence-electron chi connectivity index (χ3n) is 7.56. The lowest BCUT2D eigenvalue weighted by atomic mass is 10.1. The molecule has 0 amide bonds. The minimum absolute atomic E-state index is 0.203. The molecule has 0 bridgehead atoms. The van der Waals surface area contributed by atoms with E-state index in [4.69, 9.17) is 24.8 Å². The molecule has 0 aromatic rings. The highest BCUT2D eigenvalue weighted by Crippen LogP contribution is 2.43. The number of carboxylic acids is 1. The van der Waals surface area contributed by atoms with Gasteiger partial charge in [-0.1, -0.05) is 141 Å². The average molecular weight is 690 g/mol. The van der Waals surface area contributed by atoms with Crippen LogP contribution in [0.15, 0.2) is 24.3 Å². The second kappa shape index (κ2) is 31.2. The molecule has 0 aromatic carbocycles. The van der Waals surface area contributed by atoms with Gasteiger partial charge in [0.1, 0.15) is 12.6 Å². The number of allylic oxidation sites excluding steroid dienone is 3. The average Bonchev–Trinajstić information content (AvgIpc) is 3.04. The summed E-state index contributed by atoms with van der Waals surface area (Å²) in [6.07, 6.45) is 29.1. The Morgan fingerprint density at radius 2 is 1.19 bits per heavy atom. The molecule has 0 aliphatic heterocycles. The molecule has 0 heterocycles. The number of nitrogens with two attached hydrogens (primary N) is 1. The number of carbonyl (C=O) groups is 3. The quantitative estimate of drug-likeness (QED) is 0.0199. The van der Waals surface area contributed by atoms with Crippen LogP contribution < -0.4 is 5.73 Å². The van der Waals surface area contributed by atoms with Crippen LogP contribution in [0.5, 0.6) is 0 Å². The van der Waals surface area contributed by atoms with Gasteiger partial charge in [-0.25, -0.2) is 9.36 Å². The molecule has 0 radical (unpaired) electrons. The van der Waals surface area contributed by atoms with Gasteiger partial charge >= 0.3 is 25.7 Å². The predicted octanol–water partition coefficient (Wildman–Crippen LogP) is 8.33. The van der Waals surface area contributed by atoms with Crippen molar-refractivity contribution in [2.75, 3.05) is 19.8 Å². The first kappa shape index (κ1) is 45.0. The highest BCUT2D eigenvalue weighted by molar-refractivity contribution is 7.47. The number of rotatable bonds is 33. The van der Waals surface area contributed by atoms with Crippen LogP contribution in [-0.2, 0) is 37.5 Å². The van der Waals surface area contributed by atoms with Gasteiger partial charge in [-0.05, 0) is 19.3 Å². The molecule has 0 saturated carbocycles. The normalized spacial score (nSPS) is 14.3. The van der Waals surface area contributed by atoms with Crippen LogP contribution in [0.2, 0.25) is 0 Å². The molecule has 47 heavy (non-hydrogen) atoms. The highest BCUT2D eigenvalue weighted by atomic mass is 31.2. The van der Waals surface area contributed by atoms with Gasteiger partial charge in [-0.3, -0.25) is 18.6 Å². The van der Waals surface area contributed by atoms with Crippen molar-refractivity contribution in [3.8, 4) is 0 Å². The van der Waals surface area contributed by atoms with Crippen LogP contribution in [0.1, 0.15) is 149 Å². The molecule has 1 unspecified atom stereocenters. The molecule has 11 nitrogen and oxygen atoms in total. The van der Waals surface area contributed by atoms with Crippen LogP contribution in [0.4, 0.5) is 0 Å². The summed E-state index contributed by atoms with van der Waals surface area (Å²) in [5, 5.41) is 8.82. The third-order valence-corrected chi connectivity index (χ3v) is 8.51. The topological polar surface area (TPSA) is 172 Å². The van der Waals surface area contributed by atoms with Crippen molar-refractivity contribution < 1.29 is 47.5 Å². The second-order valence-electron chi connectivity index (χ2n) is 12.1. The van der Waals surface area contributed by atoms with Crippen LogP contribution in [0.3, 0.4) is 0 Å². The molecule has 0 aromatic heterocycles. The van der Waals surface area contributed by atoms with Gasteiger partial charge in [-0.15, -0.1) is 0 Å². The first-order valence-electron chi connectivity index (χ1n) is 17.9. The monoisotopic (exact) mass is 689 g/mol. The summed E-state index contributed by atoms with van der Waals surface area (Å²) in [7, 11) is -4.72. The first-order chi connectivity index (χ1) is 22.6. The SMILES string of the molecule is CCCCCCCCCCCCC/C=C/C=C/C(=O)O[C@@H](COC(=O)CCCCCCCCCC)COP(=O)(O)OC[C@H](N)C(=O)O. The first-order valence-corrected chi connectivity index (χ1v) is 19.4. The molecule has 0 aliphatic rings. The number of ether oxygens (including phenoxy) is 2. The van der Waals surface area contributed by atoms with Crippen molar-refractivity contribution in [1.29, 1.82) is 0 Å². The Bertz CT molecular complexity index is 911. The van der Waals surface area contributed by atoms with Crippen molar-refractivity contribution in [1.82, 2.24) is 0 Å². The molecule has 0 saturated heterocycles. The van der Waals surface area contributed by atoms with Crippen molar-refractivity contribution in [3.05, 3.63) is 24.3 Å². The lowest BCUT2D eigenvalue weighted by Gasteiger charge is -2.19. The third kappa shape index (κ3) is 31.0. The zero-order chi connectivity index (χ0) is 35.0. The van der Waals surface area contributed by atoms with Crippen LogP contribution in [0.25, 0.3) is 0 Å². The minimum atomic E-state index is -4.72. The van der Waals surface area contributed by atoms with E-state index in [1.165, 1.54) is 96.0 Å². The van der Waals surface area contributed by atoms with Crippen molar-refractivity contribution in [2.45, 2.75) is 161 Å². The van der Waals surface area contributed by atoms with E-state index in [1.54, 1.807) is 12.2 Å². The zero-order valence-electron chi connectivity index (χ0n) is 29.1. The summed E-state index contributed by atoms with van der Waals surface area (Å²) in [6, 6.07) is -1.53. The van der Waals surface area contributed by atoms with E-state index >= 15 is 0 Å². The standard InChI is InChI=1S/C35H64NO10P/c1-3-5-7-9-11-13-14-15-16-17-18-19-21-23-25-27-34(38)46-31(29-44-47(41,42)45-30-32(36)35(39)40)28-43-33(37)26-24-22-20-12-10-8-6-4-2/h21,23,25,27,31-32H,3-20,22,24,26,28-30,36H2,1-2H3,(H,39,40)(H,41,42)/b23-21+,27-25+/t31-,32-/m0/s1. The maximum atomic E-state index is 12.4. The molecule has 0 rings (SSSR count). The number of unbranched alkanes of at least 4 members (excludes halogenated alkanes) is 18. The van der Waals surface area contributed by atoms with Gasteiger partial charge in [0, 0.05) is 12.5 Å². The Labute approximate surface area is 283 Å². The van der Waals surface area contributed by atoms with E-state index < -0.39 is 57.7 Å². The Morgan fingerprint density at radius 3 is 1.72 bits per heavy atom. The fourth-order valence-corrected chi connectivity index (χ4v) is 5.45. The molecule has 0 fully saturated rings. The lowest BCUT2D eigenvalue weighted by Crippen LogP contribution is -2.34. The van der Waals surface area contributed by atoms with E-state index in [0.717, 1.165) is 32.1 Å².